The molecule has 1 amide bonds. The lowest BCUT2D eigenvalue weighted by atomic mass is 10.0. The lowest BCUT2D eigenvalue weighted by Gasteiger charge is -2.33. The van der Waals surface area contributed by atoms with E-state index >= 15 is 0 Å². The van der Waals surface area contributed by atoms with Gasteiger partial charge < -0.3 is 15.2 Å². The fourth-order valence-corrected chi connectivity index (χ4v) is 3.31. The van der Waals surface area contributed by atoms with E-state index in [1.165, 1.54) is 5.56 Å². The van der Waals surface area contributed by atoms with Crippen LogP contribution in [0.3, 0.4) is 0 Å². The van der Waals surface area contributed by atoms with Crippen molar-refractivity contribution in [3.05, 3.63) is 35.5 Å². The Morgan fingerprint density at radius 3 is 2.68 bits per heavy atom. The van der Waals surface area contributed by atoms with Crippen molar-refractivity contribution < 1.29 is 4.79 Å². The van der Waals surface area contributed by atoms with Crippen LogP contribution in [0, 0.1) is 6.92 Å². The van der Waals surface area contributed by atoms with Crippen LogP contribution in [0.5, 0.6) is 0 Å². The smallest absolute Gasteiger partial charge is 0.270 e. The van der Waals surface area contributed by atoms with E-state index in [0.717, 1.165) is 36.8 Å². The summed E-state index contributed by atoms with van der Waals surface area (Å²) >= 11 is 0. The number of para-hydroxylation sites is 1. The van der Waals surface area contributed by atoms with Gasteiger partial charge in [-0.2, -0.15) is 0 Å². The first-order chi connectivity index (χ1) is 10.5. The maximum Gasteiger partial charge on any atom is 0.270 e. The number of aromatic amines is 1. The fraction of sp³-hybridized carbons (Fsp3) is 0.500. The number of aryl methyl sites for hydroxylation is 1. The maximum absolute atomic E-state index is 12.7. The van der Waals surface area contributed by atoms with E-state index in [9.17, 15) is 4.79 Å². The molecule has 1 aliphatic heterocycles. The van der Waals surface area contributed by atoms with Crippen LogP contribution in [-0.2, 0) is 0 Å². The van der Waals surface area contributed by atoms with Gasteiger partial charge in [-0.1, -0.05) is 32.0 Å². The van der Waals surface area contributed by atoms with Crippen molar-refractivity contribution >= 4 is 16.8 Å². The summed E-state index contributed by atoms with van der Waals surface area (Å²) in [7, 11) is 0. The Kier molecular flexibility index (Phi) is 4.21. The largest absolute Gasteiger partial charge is 0.350 e. The summed E-state index contributed by atoms with van der Waals surface area (Å²) in [6, 6.07) is 9.16. The van der Waals surface area contributed by atoms with Crippen molar-refractivity contribution in [3.63, 3.8) is 0 Å². The molecule has 0 spiro atoms. The van der Waals surface area contributed by atoms with Crippen LogP contribution in [0.2, 0.25) is 0 Å². The van der Waals surface area contributed by atoms with E-state index in [0.29, 0.717) is 17.8 Å². The zero-order chi connectivity index (χ0) is 15.7. The van der Waals surface area contributed by atoms with Gasteiger partial charge in [0.15, 0.2) is 0 Å². The average molecular weight is 299 g/mol. The van der Waals surface area contributed by atoms with Gasteiger partial charge in [0.1, 0.15) is 5.69 Å². The predicted octanol–water partition coefficient (Wildman–Crippen LogP) is 3.08. The van der Waals surface area contributed by atoms with Crippen LogP contribution in [-0.4, -0.2) is 41.0 Å². The van der Waals surface area contributed by atoms with Crippen LogP contribution >= 0.6 is 0 Å². The minimum absolute atomic E-state index is 0.124. The summed E-state index contributed by atoms with van der Waals surface area (Å²) in [5.41, 5.74) is 2.96. The van der Waals surface area contributed by atoms with E-state index in [1.54, 1.807) is 0 Å². The number of nitrogens with one attached hydrogen (secondary N) is 2. The van der Waals surface area contributed by atoms with Crippen molar-refractivity contribution in [1.82, 2.24) is 15.2 Å². The third-order valence-electron chi connectivity index (χ3n) is 4.45. The number of carbonyl (C=O) groups is 1. The third kappa shape index (κ3) is 3.02. The normalized spacial score (nSPS) is 16.6. The van der Waals surface area contributed by atoms with Crippen molar-refractivity contribution in [3.8, 4) is 0 Å². The van der Waals surface area contributed by atoms with Gasteiger partial charge in [0, 0.05) is 36.1 Å². The van der Waals surface area contributed by atoms with Crippen LogP contribution < -0.4 is 5.32 Å². The summed E-state index contributed by atoms with van der Waals surface area (Å²) < 4.78 is 0. The molecule has 0 unspecified atom stereocenters. The number of rotatable bonds is 3. The molecule has 1 aromatic heterocycles. The lowest BCUT2D eigenvalue weighted by Crippen LogP contribution is -2.46. The molecule has 118 valence electrons. The number of amides is 1. The van der Waals surface area contributed by atoms with E-state index in [1.807, 2.05) is 17.0 Å². The Bertz CT molecular complexity index is 666. The van der Waals surface area contributed by atoms with Gasteiger partial charge in [-0.05, 0) is 31.4 Å². The number of likely N-dealkylation sites (tertiary alicyclic amines) is 1. The van der Waals surface area contributed by atoms with Crippen LogP contribution in [0.4, 0.5) is 0 Å². The maximum atomic E-state index is 12.7. The number of hydrogen-bond donors (Lipinski definition) is 2. The second kappa shape index (κ2) is 6.13. The molecule has 0 aliphatic carbocycles. The topological polar surface area (TPSA) is 48.1 Å². The van der Waals surface area contributed by atoms with Crippen LogP contribution in [0.15, 0.2) is 24.3 Å². The first-order valence-corrected chi connectivity index (χ1v) is 8.18. The molecule has 2 aromatic rings. The average Bonchev–Trinajstić information content (AvgIpc) is 2.92. The highest BCUT2D eigenvalue weighted by atomic mass is 16.2. The molecule has 1 fully saturated rings. The molecule has 2 N–H and O–H groups in total. The number of H-pyrrole nitrogens is 1. The van der Waals surface area contributed by atoms with E-state index < -0.39 is 0 Å². The molecule has 0 radical (unpaired) electrons. The Hall–Kier alpha value is -1.81. The number of piperidine rings is 1. The second-order valence-electron chi connectivity index (χ2n) is 6.61. The molecule has 1 aliphatic rings. The quantitative estimate of drug-likeness (QED) is 0.915. The van der Waals surface area contributed by atoms with Crippen molar-refractivity contribution in [2.45, 2.75) is 45.7 Å². The molecule has 3 rings (SSSR count). The first-order valence-electron chi connectivity index (χ1n) is 8.18. The molecule has 1 saturated heterocycles. The Morgan fingerprint density at radius 1 is 1.32 bits per heavy atom. The van der Waals surface area contributed by atoms with E-state index in [4.69, 9.17) is 0 Å². The van der Waals surface area contributed by atoms with Crippen molar-refractivity contribution in [1.29, 1.82) is 0 Å². The fourth-order valence-electron chi connectivity index (χ4n) is 3.31. The highest BCUT2D eigenvalue weighted by Crippen LogP contribution is 2.21. The second-order valence-corrected chi connectivity index (χ2v) is 6.61. The van der Waals surface area contributed by atoms with Gasteiger partial charge in [0.05, 0.1) is 0 Å². The van der Waals surface area contributed by atoms with Crippen LogP contribution in [0.25, 0.3) is 10.9 Å². The monoisotopic (exact) mass is 299 g/mol. The third-order valence-corrected chi connectivity index (χ3v) is 4.45. The highest BCUT2D eigenvalue weighted by Gasteiger charge is 2.24. The number of benzene rings is 1. The molecular formula is C18H25N3O. The number of fused-ring (bicyclic) bond motifs is 1. The Labute approximate surface area is 131 Å². The number of hydrogen-bond acceptors (Lipinski definition) is 2. The molecule has 0 atom stereocenters. The molecule has 0 saturated carbocycles. The SMILES string of the molecule is Cc1cccc2cc(C(=O)N3CCC(NC(C)C)CC3)[nH]c12. The zero-order valence-corrected chi connectivity index (χ0v) is 13.6. The molecule has 2 heterocycles. The molecule has 0 bridgehead atoms. The minimum Gasteiger partial charge on any atom is -0.350 e. The molecule has 1 aromatic carbocycles. The molecular weight excluding hydrogens is 274 g/mol. The highest BCUT2D eigenvalue weighted by molar-refractivity contribution is 5.98. The molecule has 4 heteroatoms. The summed E-state index contributed by atoms with van der Waals surface area (Å²) in [6.07, 6.45) is 2.06. The molecule has 4 nitrogen and oxygen atoms in total. The summed E-state index contributed by atoms with van der Waals surface area (Å²) in [4.78, 5) is 18.0. The summed E-state index contributed by atoms with van der Waals surface area (Å²) in [5.74, 6) is 0.124. The Morgan fingerprint density at radius 2 is 2.05 bits per heavy atom. The van der Waals surface area contributed by atoms with Gasteiger partial charge in [-0.3, -0.25) is 4.79 Å². The molecule has 22 heavy (non-hydrogen) atoms. The van der Waals surface area contributed by atoms with Crippen molar-refractivity contribution in [2.75, 3.05) is 13.1 Å². The number of carbonyl (C=O) groups excluding carboxylic acids is 1. The van der Waals surface area contributed by atoms with Gasteiger partial charge in [-0.25, -0.2) is 0 Å². The van der Waals surface area contributed by atoms with Crippen LogP contribution in [0.1, 0.15) is 42.7 Å². The van der Waals surface area contributed by atoms with E-state index in [2.05, 4.69) is 43.2 Å². The lowest BCUT2D eigenvalue weighted by molar-refractivity contribution is 0.0698. The summed E-state index contributed by atoms with van der Waals surface area (Å²) in [5, 5.41) is 4.67. The van der Waals surface area contributed by atoms with Gasteiger partial charge in [0.25, 0.3) is 5.91 Å². The zero-order valence-electron chi connectivity index (χ0n) is 13.6. The number of aromatic nitrogens is 1. The minimum atomic E-state index is 0.124. The first kappa shape index (κ1) is 15.1. The summed E-state index contributed by atoms with van der Waals surface area (Å²) in [6.45, 7) is 8.07. The van der Waals surface area contributed by atoms with Gasteiger partial charge in [-0.15, -0.1) is 0 Å². The predicted molar refractivity (Wildman–Crippen MR) is 90.2 cm³/mol. The Balaban J connectivity index is 1.70. The standard InChI is InChI=1S/C18H25N3O/c1-12(2)19-15-7-9-21(10-8-15)18(22)16-11-14-6-4-5-13(3)17(14)20-16/h4-6,11-12,15,19-20H,7-10H2,1-3H3. The van der Waals surface area contributed by atoms with Gasteiger partial charge >= 0.3 is 0 Å². The van der Waals surface area contributed by atoms with Crippen molar-refractivity contribution in [2.24, 2.45) is 0 Å². The number of nitrogens with zero attached hydrogens (tertiary/aromatic N) is 1. The van der Waals surface area contributed by atoms with Gasteiger partial charge in [0.2, 0.25) is 0 Å². The van der Waals surface area contributed by atoms with E-state index in [-0.39, 0.29) is 5.91 Å².